The second-order valence-corrected chi connectivity index (χ2v) is 1.84. The smallest absolute Gasteiger partial charge is 0.306 e. The summed E-state index contributed by atoms with van der Waals surface area (Å²) in [7, 11) is 0. The number of aliphatic carboxylic acids is 2. The molecule has 0 spiro atoms. The van der Waals surface area contributed by atoms with Crippen LogP contribution in [0.25, 0.3) is 0 Å². The van der Waals surface area contributed by atoms with Crippen LogP contribution in [0.2, 0.25) is 0 Å². The van der Waals surface area contributed by atoms with Crippen molar-refractivity contribution in [1.82, 2.24) is 0 Å². The zero-order valence-electron chi connectivity index (χ0n) is 5.00. The molecule has 0 saturated heterocycles. The fourth-order valence-corrected chi connectivity index (χ4v) is 0.349. The first-order valence-electron chi connectivity index (χ1n) is 2.48. The summed E-state index contributed by atoms with van der Waals surface area (Å²) >= 11 is 0. The first-order chi connectivity index (χ1) is 4.04. The summed E-state index contributed by atoms with van der Waals surface area (Å²) in [6, 6.07) is 0. The molecular formula is C5H8O4. The maximum atomic E-state index is 9.97. The highest BCUT2D eigenvalue weighted by molar-refractivity contribution is 5.77. The summed E-state index contributed by atoms with van der Waals surface area (Å²) in [5, 5.41) is 16.2. The molecule has 0 saturated carbocycles. The molecule has 0 radical (unpaired) electrons. The highest BCUT2D eigenvalue weighted by atomic mass is 16.5. The van der Waals surface area contributed by atoms with E-state index in [1.54, 1.807) is 0 Å². The molecule has 0 amide bonds. The molecule has 0 aliphatic heterocycles. The van der Waals surface area contributed by atoms with Crippen molar-refractivity contribution < 1.29 is 19.8 Å². The van der Waals surface area contributed by atoms with Gasteiger partial charge in [-0.2, -0.15) is 0 Å². The van der Waals surface area contributed by atoms with E-state index in [1.807, 2.05) is 0 Å². The molecule has 0 fully saturated rings. The second-order valence-electron chi connectivity index (χ2n) is 1.84. The van der Waals surface area contributed by atoms with Gasteiger partial charge in [-0.05, 0) is 0 Å². The Morgan fingerprint density at radius 1 is 1.44 bits per heavy atom. The molecule has 0 rings (SSSR count). The van der Waals surface area contributed by atoms with Crippen molar-refractivity contribution in [2.45, 2.75) is 13.3 Å². The number of rotatable bonds is 3. The van der Waals surface area contributed by atoms with Crippen LogP contribution in [0.3, 0.4) is 0 Å². The lowest BCUT2D eigenvalue weighted by Gasteiger charge is -1.98. The van der Waals surface area contributed by atoms with E-state index in [0.29, 0.717) is 0 Å². The molecule has 0 heterocycles. The van der Waals surface area contributed by atoms with Crippen molar-refractivity contribution in [1.29, 1.82) is 0 Å². The number of carbonyl (C=O) groups is 2. The van der Waals surface area contributed by atoms with Gasteiger partial charge < -0.3 is 10.2 Å². The van der Waals surface area contributed by atoms with Gasteiger partial charge >= 0.3 is 11.9 Å². The minimum absolute atomic E-state index is 0.310. The number of hydrogen-bond acceptors (Lipinski definition) is 2. The van der Waals surface area contributed by atoms with Crippen molar-refractivity contribution in [2.75, 3.05) is 0 Å². The van der Waals surface area contributed by atoms with Crippen molar-refractivity contribution in [3.63, 3.8) is 0 Å². The van der Waals surface area contributed by atoms with Gasteiger partial charge in [0.2, 0.25) is 0 Å². The molecule has 0 aliphatic carbocycles. The van der Waals surface area contributed by atoms with E-state index in [0.717, 1.165) is 0 Å². The van der Waals surface area contributed by atoms with E-state index in [2.05, 4.69) is 0 Å². The van der Waals surface area contributed by atoms with Gasteiger partial charge in [0, 0.05) is 0 Å². The lowest BCUT2D eigenvalue weighted by Crippen LogP contribution is -2.13. The maximum Gasteiger partial charge on any atom is 0.306 e. The summed E-state index contributed by atoms with van der Waals surface area (Å²) in [6.07, 6.45) is -0.310. The summed E-state index contributed by atoms with van der Waals surface area (Å²) in [5.41, 5.74) is 0. The molecule has 0 aromatic heterocycles. The largest absolute Gasteiger partial charge is 0.481 e. The van der Waals surface area contributed by atoms with Crippen LogP contribution in [-0.4, -0.2) is 22.2 Å². The first kappa shape index (κ1) is 7.94. The van der Waals surface area contributed by atoms with Crippen molar-refractivity contribution in [2.24, 2.45) is 5.92 Å². The van der Waals surface area contributed by atoms with Gasteiger partial charge in [0.25, 0.3) is 0 Å². The van der Waals surface area contributed by atoms with Crippen molar-refractivity contribution in [3.8, 4) is 0 Å². The average Bonchev–Trinajstić information content (AvgIpc) is 1.63. The minimum Gasteiger partial charge on any atom is -0.481 e. The summed E-state index contributed by atoms with van der Waals surface area (Å²) in [6.45, 7) is 1.36. The van der Waals surface area contributed by atoms with Crippen LogP contribution in [0.5, 0.6) is 0 Å². The molecule has 0 aromatic carbocycles. The summed E-state index contributed by atoms with van der Waals surface area (Å²) in [4.78, 5) is 19.8. The monoisotopic (exact) mass is 136 g/mol. The minimum atomic E-state index is -1.08. The first-order valence-corrected chi connectivity index (χ1v) is 2.48. The van der Waals surface area contributed by atoms with Gasteiger partial charge in [0.1, 0.15) is 0 Å². The van der Waals surface area contributed by atoms with Crippen LogP contribution < -0.4 is 0 Å². The van der Waals surface area contributed by atoms with Gasteiger partial charge in [-0.25, -0.2) is 0 Å². The van der Waals surface area contributed by atoms with Crippen LogP contribution in [0.15, 0.2) is 0 Å². The molecule has 4 heteroatoms. The molecule has 1 atom stereocenters. The molecule has 2 N–H and O–H groups in total. The van der Waals surface area contributed by atoms with Gasteiger partial charge in [0.15, 0.2) is 0 Å². The van der Waals surface area contributed by atoms with Gasteiger partial charge in [-0.3, -0.25) is 9.59 Å². The topological polar surface area (TPSA) is 74.6 Å². The highest BCUT2D eigenvalue weighted by Gasteiger charge is 2.13. The summed E-state index contributed by atoms with van der Waals surface area (Å²) < 4.78 is 0. The normalized spacial score (nSPS) is 12.6. The van der Waals surface area contributed by atoms with Gasteiger partial charge in [-0.1, -0.05) is 6.92 Å². The van der Waals surface area contributed by atoms with Crippen LogP contribution in [0.1, 0.15) is 13.3 Å². The van der Waals surface area contributed by atoms with E-state index in [1.165, 1.54) is 6.92 Å². The van der Waals surface area contributed by atoms with Crippen LogP contribution >= 0.6 is 0 Å². The number of carboxylic acids is 2. The zero-order valence-corrected chi connectivity index (χ0v) is 5.00. The van der Waals surface area contributed by atoms with Crippen molar-refractivity contribution >= 4 is 11.9 Å². The van der Waals surface area contributed by atoms with E-state index < -0.39 is 17.9 Å². The molecule has 0 bridgehead atoms. The Balaban J connectivity index is 3.63. The Morgan fingerprint density at radius 3 is 2.00 bits per heavy atom. The lowest BCUT2D eigenvalue weighted by atomic mass is 10.9. The van der Waals surface area contributed by atoms with Crippen LogP contribution in [0, 0.1) is 5.92 Å². The molecule has 9 heavy (non-hydrogen) atoms. The zero-order chi connectivity index (χ0) is 7.44. The van der Waals surface area contributed by atoms with E-state index >= 15 is 0 Å². The third kappa shape index (κ3) is 3.52. The standard InChI is InChI=1S/C5H8O4/c1-3(5(8)9)2-4(6)7/h3H,2H2,1H3,(H,6,7)(H,8,9)/t3-/m0/s1/i2+1,3+1,4+1,5+1. The maximum absolute atomic E-state index is 9.97. The summed E-state index contributed by atoms with van der Waals surface area (Å²) in [5.74, 6) is -2.94. The molecule has 52 valence electrons. The van der Waals surface area contributed by atoms with E-state index in [4.69, 9.17) is 10.2 Å². The molecule has 4 nitrogen and oxygen atoms in total. The Labute approximate surface area is 52.1 Å². The van der Waals surface area contributed by atoms with E-state index in [-0.39, 0.29) is 6.42 Å². The van der Waals surface area contributed by atoms with Gasteiger partial charge in [-0.15, -0.1) is 0 Å². The third-order valence-corrected chi connectivity index (χ3v) is 0.902. The number of hydrogen-bond donors (Lipinski definition) is 2. The second kappa shape index (κ2) is 3.06. The predicted octanol–water partition coefficient (Wildman–Crippen LogP) is 0.182. The Kier molecular flexibility index (Phi) is 2.70. The quantitative estimate of drug-likeness (QED) is 0.543. The number of carboxylic acid groups (broad SMARTS) is 2. The Bertz CT molecular complexity index is 129. The Hall–Kier alpha value is -1.06. The van der Waals surface area contributed by atoms with Crippen LogP contribution in [-0.2, 0) is 9.59 Å². The average molecular weight is 136 g/mol. The highest BCUT2D eigenvalue weighted by Crippen LogP contribution is 1.99. The third-order valence-electron chi connectivity index (χ3n) is 0.902. The fourth-order valence-electron chi connectivity index (χ4n) is 0.349. The molecule has 0 aliphatic rings. The molecule has 0 aromatic rings. The molecular weight excluding hydrogens is 128 g/mol. The van der Waals surface area contributed by atoms with Crippen molar-refractivity contribution in [3.05, 3.63) is 0 Å². The Morgan fingerprint density at radius 2 is 1.89 bits per heavy atom. The fraction of sp³-hybridized carbons (Fsp3) is 0.600. The molecule has 0 unspecified atom stereocenters. The SMILES string of the molecule is C[13C@@H]([13CH2][13C](=O)O)[13C](=O)O. The van der Waals surface area contributed by atoms with Gasteiger partial charge in [0.05, 0.1) is 12.3 Å². The van der Waals surface area contributed by atoms with Crippen LogP contribution in [0.4, 0.5) is 0 Å². The predicted molar refractivity (Wildman–Crippen MR) is 29.1 cm³/mol. The lowest BCUT2D eigenvalue weighted by molar-refractivity contribution is -0.147. The van der Waals surface area contributed by atoms with E-state index in [9.17, 15) is 9.59 Å².